The van der Waals surface area contributed by atoms with Crippen LogP contribution in [0.4, 0.5) is 15.8 Å². The van der Waals surface area contributed by atoms with E-state index in [4.69, 9.17) is 9.84 Å². The molecule has 1 aliphatic heterocycles. The second-order valence-electron chi connectivity index (χ2n) is 7.25. The summed E-state index contributed by atoms with van der Waals surface area (Å²) >= 11 is 0. The molecule has 0 unspecified atom stereocenters. The van der Waals surface area contributed by atoms with E-state index in [0.29, 0.717) is 48.9 Å². The largest absolute Gasteiger partial charge is 0.477 e. The standard InChI is InChI=1S/C22H21FN4O4/c1-13-2-3-16(11-18(13)19-12-20(22(29)30)26-25-19)24-21(28)14-8-15(23)10-17(9-14)27-4-6-31-7-5-27/h2-3,8-12H,4-7H2,1H3,(H,24,28)(H,25,26)(H,29,30). The molecule has 8 nitrogen and oxygen atoms in total. The van der Waals surface area contributed by atoms with Gasteiger partial charge in [0.05, 0.1) is 18.9 Å². The van der Waals surface area contributed by atoms with Crippen LogP contribution in [0.15, 0.2) is 42.5 Å². The van der Waals surface area contributed by atoms with Crippen LogP contribution in [0.3, 0.4) is 0 Å². The number of aromatic carboxylic acids is 1. The van der Waals surface area contributed by atoms with Gasteiger partial charge in [-0.15, -0.1) is 0 Å². The number of aromatic nitrogens is 2. The van der Waals surface area contributed by atoms with Gasteiger partial charge in [-0.2, -0.15) is 5.10 Å². The number of carbonyl (C=O) groups is 2. The van der Waals surface area contributed by atoms with E-state index in [1.165, 1.54) is 18.2 Å². The molecule has 9 heteroatoms. The van der Waals surface area contributed by atoms with Crippen molar-refractivity contribution in [2.45, 2.75) is 6.92 Å². The van der Waals surface area contributed by atoms with E-state index in [2.05, 4.69) is 15.5 Å². The first-order valence-electron chi connectivity index (χ1n) is 9.75. The van der Waals surface area contributed by atoms with Crippen LogP contribution in [-0.2, 0) is 4.74 Å². The van der Waals surface area contributed by atoms with E-state index in [-0.39, 0.29) is 11.3 Å². The number of carbonyl (C=O) groups excluding carboxylic acids is 1. The highest BCUT2D eigenvalue weighted by atomic mass is 19.1. The molecule has 0 aliphatic carbocycles. The van der Waals surface area contributed by atoms with Crippen LogP contribution >= 0.6 is 0 Å². The van der Waals surface area contributed by atoms with Crippen molar-refractivity contribution in [2.75, 3.05) is 36.5 Å². The van der Waals surface area contributed by atoms with E-state index in [1.54, 1.807) is 24.3 Å². The zero-order valence-electron chi connectivity index (χ0n) is 16.8. The van der Waals surface area contributed by atoms with Gasteiger partial charge < -0.3 is 20.1 Å². The maximum atomic E-state index is 14.2. The van der Waals surface area contributed by atoms with Crippen molar-refractivity contribution < 1.29 is 23.8 Å². The van der Waals surface area contributed by atoms with Crippen LogP contribution in [0.25, 0.3) is 11.3 Å². The summed E-state index contributed by atoms with van der Waals surface area (Å²) in [5, 5.41) is 18.4. The summed E-state index contributed by atoms with van der Waals surface area (Å²) in [6, 6.07) is 10.9. The van der Waals surface area contributed by atoms with Crippen molar-refractivity contribution in [3.63, 3.8) is 0 Å². The normalized spacial score (nSPS) is 13.8. The van der Waals surface area contributed by atoms with Crippen LogP contribution in [-0.4, -0.2) is 53.5 Å². The number of morpholine rings is 1. The highest BCUT2D eigenvalue weighted by Gasteiger charge is 2.17. The molecule has 1 saturated heterocycles. The number of aromatic amines is 1. The predicted molar refractivity (Wildman–Crippen MR) is 113 cm³/mol. The van der Waals surface area contributed by atoms with E-state index >= 15 is 0 Å². The molecule has 0 bridgehead atoms. The third-order valence-corrected chi connectivity index (χ3v) is 5.10. The number of hydrogen-bond donors (Lipinski definition) is 3. The lowest BCUT2D eigenvalue weighted by molar-refractivity contribution is 0.0690. The average Bonchev–Trinajstić information content (AvgIpc) is 3.26. The Morgan fingerprint density at radius 3 is 2.65 bits per heavy atom. The maximum absolute atomic E-state index is 14.2. The Kier molecular flexibility index (Phi) is 5.68. The molecule has 0 radical (unpaired) electrons. The number of amides is 1. The number of aryl methyl sites for hydroxylation is 1. The highest BCUT2D eigenvalue weighted by Crippen LogP contribution is 2.27. The van der Waals surface area contributed by atoms with Crippen molar-refractivity contribution >= 4 is 23.3 Å². The van der Waals surface area contributed by atoms with Crippen LogP contribution < -0.4 is 10.2 Å². The lowest BCUT2D eigenvalue weighted by atomic mass is 10.0. The maximum Gasteiger partial charge on any atom is 0.353 e. The zero-order valence-corrected chi connectivity index (χ0v) is 16.8. The number of nitrogens with one attached hydrogen (secondary N) is 2. The van der Waals surface area contributed by atoms with Crippen molar-refractivity contribution in [3.8, 4) is 11.3 Å². The van der Waals surface area contributed by atoms with Crippen LogP contribution in [0.1, 0.15) is 26.4 Å². The SMILES string of the molecule is Cc1ccc(NC(=O)c2cc(F)cc(N3CCOCC3)c2)cc1-c1cc(C(=O)O)[nH]n1. The monoisotopic (exact) mass is 424 g/mol. The second kappa shape index (κ2) is 8.57. The molecule has 2 heterocycles. The van der Waals surface area contributed by atoms with E-state index in [0.717, 1.165) is 5.56 Å². The number of carboxylic acids is 1. The van der Waals surface area contributed by atoms with E-state index < -0.39 is 17.7 Å². The first-order valence-corrected chi connectivity index (χ1v) is 9.75. The summed E-state index contributed by atoms with van der Waals surface area (Å²) in [7, 11) is 0. The molecule has 1 aliphatic rings. The van der Waals surface area contributed by atoms with Crippen molar-refractivity contribution in [2.24, 2.45) is 0 Å². The Morgan fingerprint density at radius 1 is 1.16 bits per heavy atom. The van der Waals surface area contributed by atoms with Gasteiger partial charge in [0.15, 0.2) is 0 Å². The Hall–Kier alpha value is -3.72. The Morgan fingerprint density at radius 2 is 1.94 bits per heavy atom. The molecule has 31 heavy (non-hydrogen) atoms. The molecule has 1 amide bonds. The van der Waals surface area contributed by atoms with Gasteiger partial charge in [0.1, 0.15) is 11.5 Å². The number of carboxylic acid groups (broad SMARTS) is 1. The van der Waals surface area contributed by atoms with Crippen LogP contribution in [0, 0.1) is 12.7 Å². The fourth-order valence-corrected chi connectivity index (χ4v) is 3.46. The summed E-state index contributed by atoms with van der Waals surface area (Å²) in [4.78, 5) is 25.9. The summed E-state index contributed by atoms with van der Waals surface area (Å²) < 4.78 is 19.5. The minimum atomic E-state index is -1.11. The molecule has 0 spiro atoms. The first-order chi connectivity index (χ1) is 14.9. The third kappa shape index (κ3) is 4.56. The zero-order chi connectivity index (χ0) is 22.0. The van der Waals surface area contributed by atoms with E-state index in [9.17, 15) is 14.0 Å². The molecule has 1 fully saturated rings. The summed E-state index contributed by atoms with van der Waals surface area (Å²) in [6.07, 6.45) is 0. The lowest BCUT2D eigenvalue weighted by Crippen LogP contribution is -2.36. The molecule has 3 N–H and O–H groups in total. The molecular formula is C22H21FN4O4. The van der Waals surface area contributed by atoms with Crippen molar-refractivity contribution in [3.05, 3.63) is 65.1 Å². The quantitative estimate of drug-likeness (QED) is 0.580. The number of benzene rings is 2. The van der Waals surface area contributed by atoms with Gasteiger partial charge in [0.2, 0.25) is 0 Å². The van der Waals surface area contributed by atoms with Gasteiger partial charge in [0, 0.05) is 35.6 Å². The molecule has 1 aromatic heterocycles. The number of H-pyrrole nitrogens is 1. The molecule has 0 saturated carbocycles. The minimum absolute atomic E-state index is 0.0285. The van der Waals surface area contributed by atoms with Crippen molar-refractivity contribution in [1.82, 2.24) is 10.2 Å². The number of hydrogen-bond acceptors (Lipinski definition) is 5. The Balaban J connectivity index is 1.57. The van der Waals surface area contributed by atoms with Gasteiger partial charge >= 0.3 is 5.97 Å². The topological polar surface area (TPSA) is 108 Å². The van der Waals surface area contributed by atoms with Crippen LogP contribution in [0.2, 0.25) is 0 Å². The first kappa shape index (κ1) is 20.5. The fraction of sp³-hybridized carbons (Fsp3) is 0.227. The molecule has 3 aromatic rings. The smallest absolute Gasteiger partial charge is 0.353 e. The number of ether oxygens (including phenoxy) is 1. The van der Waals surface area contributed by atoms with Gasteiger partial charge in [-0.05, 0) is 48.9 Å². The number of halogens is 1. The molecule has 2 aromatic carbocycles. The second-order valence-corrected chi connectivity index (χ2v) is 7.25. The van der Waals surface area contributed by atoms with Crippen molar-refractivity contribution in [1.29, 1.82) is 0 Å². The summed E-state index contributed by atoms with van der Waals surface area (Å²) in [6.45, 7) is 4.24. The average molecular weight is 424 g/mol. The van der Waals surface area contributed by atoms with Gasteiger partial charge in [-0.1, -0.05) is 6.07 Å². The van der Waals surface area contributed by atoms with E-state index in [1.807, 2.05) is 11.8 Å². The number of rotatable bonds is 5. The van der Waals surface area contributed by atoms with Gasteiger partial charge in [0.25, 0.3) is 5.91 Å². The molecule has 4 rings (SSSR count). The number of anilines is 2. The van der Waals surface area contributed by atoms with Crippen LogP contribution in [0.5, 0.6) is 0 Å². The van der Waals surface area contributed by atoms with Gasteiger partial charge in [-0.25, -0.2) is 9.18 Å². The summed E-state index contributed by atoms with van der Waals surface area (Å²) in [5.74, 6) is -2.04. The predicted octanol–water partition coefficient (Wildman–Crippen LogP) is 3.31. The lowest BCUT2D eigenvalue weighted by Gasteiger charge is -2.29. The third-order valence-electron chi connectivity index (χ3n) is 5.10. The molecule has 160 valence electrons. The number of nitrogens with zero attached hydrogens (tertiary/aromatic N) is 2. The minimum Gasteiger partial charge on any atom is -0.477 e. The molecule has 0 atom stereocenters. The Labute approximate surface area is 177 Å². The highest BCUT2D eigenvalue weighted by molar-refractivity contribution is 6.05. The fourth-order valence-electron chi connectivity index (χ4n) is 3.46. The Bertz CT molecular complexity index is 1140. The molecular weight excluding hydrogens is 403 g/mol. The summed E-state index contributed by atoms with van der Waals surface area (Å²) in [5.41, 5.74) is 3.29. The van der Waals surface area contributed by atoms with Gasteiger partial charge in [-0.3, -0.25) is 9.89 Å².